The van der Waals surface area contributed by atoms with Crippen molar-refractivity contribution in [3.05, 3.63) is 29.8 Å². The molecule has 1 N–H and O–H groups in total. The van der Waals surface area contributed by atoms with E-state index in [0.29, 0.717) is 6.42 Å². The standard InChI is InChI=1S/C15H16F3NO5S2/c16-15(17,18)10-1-3-11(4-2-10)19-13(20)7-24-14(21)8-25-12-5-6-26(22,23)9-12/h1-4,12H,5-9H2,(H,19,20)/t12-/m1/s1. The highest BCUT2D eigenvalue weighted by Crippen LogP contribution is 2.29. The normalized spacial score (nSPS) is 19.1. The van der Waals surface area contributed by atoms with Crippen LogP contribution in [0.2, 0.25) is 0 Å². The minimum Gasteiger partial charge on any atom is -0.455 e. The number of carbonyl (C=O) groups excluding carboxylic acids is 2. The van der Waals surface area contributed by atoms with Crippen molar-refractivity contribution in [1.82, 2.24) is 0 Å². The summed E-state index contributed by atoms with van der Waals surface area (Å²) in [5.74, 6) is -1.30. The Bertz CT molecular complexity index is 762. The fraction of sp³-hybridized carbons (Fsp3) is 0.467. The highest BCUT2D eigenvalue weighted by atomic mass is 32.2. The van der Waals surface area contributed by atoms with Crippen LogP contribution in [0.3, 0.4) is 0 Å². The van der Waals surface area contributed by atoms with Crippen molar-refractivity contribution in [2.75, 3.05) is 29.2 Å². The van der Waals surface area contributed by atoms with Crippen LogP contribution in [0.4, 0.5) is 18.9 Å². The molecule has 11 heteroatoms. The summed E-state index contributed by atoms with van der Waals surface area (Å²) in [7, 11) is -3.02. The van der Waals surface area contributed by atoms with E-state index >= 15 is 0 Å². The largest absolute Gasteiger partial charge is 0.455 e. The van der Waals surface area contributed by atoms with Crippen molar-refractivity contribution >= 4 is 39.2 Å². The van der Waals surface area contributed by atoms with Crippen LogP contribution in [0.15, 0.2) is 24.3 Å². The molecule has 0 radical (unpaired) electrons. The van der Waals surface area contributed by atoms with Gasteiger partial charge in [0.15, 0.2) is 16.4 Å². The number of halogens is 3. The molecule has 26 heavy (non-hydrogen) atoms. The van der Waals surface area contributed by atoms with Crippen LogP contribution in [0.1, 0.15) is 12.0 Å². The van der Waals surface area contributed by atoms with Gasteiger partial charge < -0.3 is 10.1 Å². The van der Waals surface area contributed by atoms with Crippen molar-refractivity contribution in [2.24, 2.45) is 0 Å². The molecule has 1 amide bonds. The third kappa shape index (κ3) is 6.52. The van der Waals surface area contributed by atoms with Gasteiger partial charge in [-0.2, -0.15) is 13.2 Å². The number of amides is 1. The lowest BCUT2D eigenvalue weighted by Crippen LogP contribution is -2.22. The molecule has 0 saturated carbocycles. The maximum Gasteiger partial charge on any atom is 0.416 e. The van der Waals surface area contributed by atoms with E-state index in [2.05, 4.69) is 5.32 Å². The Labute approximate surface area is 152 Å². The molecule has 1 aromatic carbocycles. The lowest BCUT2D eigenvalue weighted by molar-refractivity contribution is -0.144. The minimum atomic E-state index is -4.46. The lowest BCUT2D eigenvalue weighted by Gasteiger charge is -2.10. The molecule has 1 fully saturated rings. The molecule has 1 atom stereocenters. The Kier molecular flexibility index (Phi) is 6.56. The zero-order valence-corrected chi connectivity index (χ0v) is 15.0. The van der Waals surface area contributed by atoms with E-state index in [9.17, 15) is 31.2 Å². The van der Waals surface area contributed by atoms with Gasteiger partial charge >= 0.3 is 12.1 Å². The topological polar surface area (TPSA) is 89.5 Å². The van der Waals surface area contributed by atoms with E-state index in [1.807, 2.05) is 0 Å². The van der Waals surface area contributed by atoms with E-state index in [1.165, 1.54) is 0 Å². The summed E-state index contributed by atoms with van der Waals surface area (Å²) >= 11 is 1.16. The number of anilines is 1. The zero-order chi connectivity index (χ0) is 19.4. The Morgan fingerprint density at radius 2 is 1.88 bits per heavy atom. The fourth-order valence-corrected chi connectivity index (χ4v) is 5.64. The van der Waals surface area contributed by atoms with E-state index in [-0.39, 0.29) is 28.2 Å². The predicted octanol–water partition coefficient (Wildman–Crippen LogP) is 2.11. The summed E-state index contributed by atoms with van der Waals surface area (Å²) in [6, 6.07) is 3.85. The van der Waals surface area contributed by atoms with Crippen molar-refractivity contribution in [1.29, 1.82) is 0 Å². The quantitative estimate of drug-likeness (QED) is 0.722. The summed E-state index contributed by atoms with van der Waals surface area (Å²) in [6.07, 6.45) is -3.98. The van der Waals surface area contributed by atoms with Crippen molar-refractivity contribution in [2.45, 2.75) is 17.8 Å². The third-order valence-electron chi connectivity index (χ3n) is 3.49. The van der Waals surface area contributed by atoms with Crippen molar-refractivity contribution in [3.63, 3.8) is 0 Å². The van der Waals surface area contributed by atoms with Gasteiger partial charge in [0, 0.05) is 10.9 Å². The van der Waals surface area contributed by atoms with E-state index in [1.54, 1.807) is 0 Å². The second kappa shape index (κ2) is 8.30. The number of hydrogen-bond donors (Lipinski definition) is 1. The lowest BCUT2D eigenvalue weighted by atomic mass is 10.2. The Balaban J connectivity index is 1.70. The highest BCUT2D eigenvalue weighted by molar-refractivity contribution is 8.02. The number of nitrogens with one attached hydrogen (secondary N) is 1. The molecule has 1 aromatic rings. The van der Waals surface area contributed by atoms with E-state index < -0.39 is 40.1 Å². The molecular formula is C15H16F3NO5S2. The van der Waals surface area contributed by atoms with Crippen LogP contribution in [-0.2, 0) is 30.3 Å². The van der Waals surface area contributed by atoms with Gasteiger partial charge in [-0.3, -0.25) is 9.59 Å². The van der Waals surface area contributed by atoms with Crippen LogP contribution < -0.4 is 5.32 Å². The number of ether oxygens (including phenoxy) is 1. The summed E-state index contributed by atoms with van der Waals surface area (Å²) in [5, 5.41) is 2.16. The first kappa shape index (κ1) is 20.6. The molecule has 1 aliphatic rings. The number of sulfone groups is 1. The second-order valence-corrected chi connectivity index (χ2v) is 9.14. The molecule has 1 heterocycles. The number of carbonyl (C=O) groups is 2. The monoisotopic (exact) mass is 411 g/mol. The van der Waals surface area contributed by atoms with Gasteiger partial charge in [0.2, 0.25) is 0 Å². The average molecular weight is 411 g/mol. The smallest absolute Gasteiger partial charge is 0.416 e. The molecule has 0 aliphatic carbocycles. The molecule has 0 unspecified atom stereocenters. The van der Waals surface area contributed by atoms with Gasteiger partial charge in [-0.1, -0.05) is 0 Å². The van der Waals surface area contributed by atoms with Crippen LogP contribution in [-0.4, -0.2) is 49.4 Å². The van der Waals surface area contributed by atoms with E-state index in [4.69, 9.17) is 4.74 Å². The van der Waals surface area contributed by atoms with Crippen LogP contribution >= 0.6 is 11.8 Å². The number of hydrogen-bond acceptors (Lipinski definition) is 6. The minimum absolute atomic E-state index is 0.0271. The van der Waals surface area contributed by atoms with Gasteiger partial charge in [0.05, 0.1) is 22.8 Å². The molecule has 0 aromatic heterocycles. The molecule has 0 spiro atoms. The predicted molar refractivity (Wildman–Crippen MR) is 90.5 cm³/mol. The second-order valence-electron chi connectivity index (χ2n) is 5.62. The Morgan fingerprint density at radius 3 is 2.42 bits per heavy atom. The number of esters is 1. The number of thioether (sulfide) groups is 1. The van der Waals surface area contributed by atoms with Crippen LogP contribution in [0.25, 0.3) is 0 Å². The Hall–Kier alpha value is -1.75. The zero-order valence-electron chi connectivity index (χ0n) is 13.4. The summed E-state index contributed by atoms with van der Waals surface area (Å²) in [5.41, 5.74) is -0.697. The molecule has 2 rings (SSSR count). The van der Waals surface area contributed by atoms with Crippen molar-refractivity contribution < 1.29 is 35.9 Å². The average Bonchev–Trinajstić information content (AvgIpc) is 2.90. The third-order valence-corrected chi connectivity index (χ3v) is 6.74. The van der Waals surface area contributed by atoms with Crippen molar-refractivity contribution in [3.8, 4) is 0 Å². The number of benzene rings is 1. The van der Waals surface area contributed by atoms with E-state index in [0.717, 1.165) is 36.0 Å². The molecular weight excluding hydrogens is 395 g/mol. The number of rotatable bonds is 6. The Morgan fingerprint density at radius 1 is 1.23 bits per heavy atom. The van der Waals surface area contributed by atoms with Crippen LogP contribution in [0.5, 0.6) is 0 Å². The van der Waals surface area contributed by atoms with Gasteiger partial charge in [0.25, 0.3) is 5.91 Å². The first-order valence-corrected chi connectivity index (χ1v) is 10.4. The number of alkyl halides is 3. The molecule has 6 nitrogen and oxygen atoms in total. The SMILES string of the molecule is O=C(COC(=O)CS[C@@H]1CCS(=O)(=O)C1)Nc1ccc(C(F)(F)F)cc1. The molecule has 144 valence electrons. The van der Waals surface area contributed by atoms with Gasteiger partial charge in [-0.05, 0) is 30.7 Å². The maximum absolute atomic E-state index is 12.4. The van der Waals surface area contributed by atoms with Gasteiger partial charge in [-0.25, -0.2) is 8.42 Å². The maximum atomic E-state index is 12.4. The first-order valence-electron chi connectivity index (χ1n) is 7.50. The van der Waals surface area contributed by atoms with Crippen LogP contribution in [0, 0.1) is 0 Å². The fourth-order valence-electron chi connectivity index (χ4n) is 2.21. The van der Waals surface area contributed by atoms with Gasteiger partial charge in [-0.15, -0.1) is 11.8 Å². The summed E-state index contributed by atoms with van der Waals surface area (Å²) in [6.45, 7) is -0.580. The molecule has 0 bridgehead atoms. The molecule has 1 saturated heterocycles. The van der Waals surface area contributed by atoms with Gasteiger partial charge in [0.1, 0.15) is 0 Å². The summed E-state index contributed by atoms with van der Waals surface area (Å²) < 4.78 is 64.7. The highest BCUT2D eigenvalue weighted by Gasteiger charge is 2.30. The first-order chi connectivity index (χ1) is 12.0. The summed E-state index contributed by atoms with van der Waals surface area (Å²) in [4.78, 5) is 23.2. The molecule has 1 aliphatic heterocycles.